The van der Waals surface area contributed by atoms with Gasteiger partial charge in [-0.15, -0.1) is 0 Å². The largest absolute Gasteiger partial charge is 0.486 e. The molecule has 5 rings (SSSR count). The molecule has 2 aliphatic rings. The molecule has 1 amide bonds. The number of piperazine rings is 1. The number of benzene rings is 2. The van der Waals surface area contributed by atoms with Crippen molar-refractivity contribution >= 4 is 40.2 Å². The summed E-state index contributed by atoms with van der Waals surface area (Å²) in [5, 5.41) is 6.80. The number of nitrogens with one attached hydrogen (secondary N) is 3. The maximum absolute atomic E-state index is 11.9. The van der Waals surface area contributed by atoms with E-state index in [-0.39, 0.29) is 12.0 Å². The van der Waals surface area contributed by atoms with Gasteiger partial charge in [0.05, 0.1) is 11.0 Å². The summed E-state index contributed by atoms with van der Waals surface area (Å²) in [7, 11) is 3.78. The lowest BCUT2D eigenvalue weighted by Gasteiger charge is -2.32. The van der Waals surface area contributed by atoms with E-state index in [9.17, 15) is 4.79 Å². The number of amides is 1. The molecule has 2 heterocycles. The zero-order valence-corrected chi connectivity index (χ0v) is 21.3. The Labute approximate surface area is 216 Å². The Kier molecular flexibility index (Phi) is 7.27. The first-order chi connectivity index (χ1) is 17.5. The number of aromatic nitrogens is 2. The smallest absolute Gasteiger partial charge is 0.250 e. The van der Waals surface area contributed by atoms with Crippen molar-refractivity contribution in [1.29, 1.82) is 0 Å². The molecule has 36 heavy (non-hydrogen) atoms. The second kappa shape index (κ2) is 10.7. The average molecular weight is 507 g/mol. The Morgan fingerprint density at radius 1 is 1.19 bits per heavy atom. The lowest BCUT2D eigenvalue weighted by atomic mass is 10.0. The van der Waals surface area contributed by atoms with Crippen LogP contribution in [0.1, 0.15) is 12.0 Å². The van der Waals surface area contributed by atoms with Gasteiger partial charge >= 0.3 is 0 Å². The molecular weight excluding hydrogens is 476 g/mol. The van der Waals surface area contributed by atoms with E-state index >= 15 is 0 Å². The number of anilines is 2. The summed E-state index contributed by atoms with van der Waals surface area (Å²) in [4.78, 5) is 24.7. The highest BCUT2D eigenvalue weighted by molar-refractivity contribution is 6.31. The molecule has 0 bridgehead atoms. The van der Waals surface area contributed by atoms with Crippen LogP contribution in [0, 0.1) is 0 Å². The molecule has 9 heteroatoms. The number of hydrogen-bond donors (Lipinski definition) is 3. The standard InChI is InChI=1S/C27H31ClN6O2/c1-29-26(35)18-4-3-5-21(15-18)36-22-7-9-24-25(16-22)32-27(31-24)30-20-6-8-23(28)19(14-20)17-34-12-10-33(2)11-13-34/h3-4,6-9,14-16,21H,5,10-13,17H2,1-2H3,(H,29,35)(H2,30,31,32). The molecule has 1 atom stereocenters. The first-order valence-corrected chi connectivity index (χ1v) is 12.6. The molecule has 0 spiro atoms. The van der Waals surface area contributed by atoms with Crippen LogP contribution in [0.3, 0.4) is 0 Å². The molecule has 1 aliphatic carbocycles. The number of ether oxygens (including phenoxy) is 1. The number of rotatable bonds is 7. The molecule has 1 saturated heterocycles. The number of fused-ring (bicyclic) bond motifs is 1. The van der Waals surface area contributed by atoms with Crippen LogP contribution >= 0.6 is 11.6 Å². The van der Waals surface area contributed by atoms with Crippen LogP contribution in [0.15, 0.2) is 60.2 Å². The Morgan fingerprint density at radius 2 is 2.03 bits per heavy atom. The fourth-order valence-corrected chi connectivity index (χ4v) is 4.66. The third-order valence-corrected chi connectivity index (χ3v) is 6.93. The van der Waals surface area contributed by atoms with E-state index in [1.807, 2.05) is 48.6 Å². The number of halogens is 1. The summed E-state index contributed by atoms with van der Waals surface area (Å²) in [5.74, 6) is 1.25. The van der Waals surface area contributed by atoms with Gasteiger partial charge in [0.1, 0.15) is 11.9 Å². The number of nitrogens with zero attached hydrogens (tertiary/aromatic N) is 3. The first kappa shape index (κ1) is 24.4. The maximum atomic E-state index is 11.9. The van der Waals surface area contributed by atoms with Crippen molar-refractivity contribution in [3.63, 3.8) is 0 Å². The topological polar surface area (TPSA) is 85.5 Å². The third-order valence-electron chi connectivity index (χ3n) is 6.56. The van der Waals surface area contributed by atoms with Crippen molar-refractivity contribution in [1.82, 2.24) is 25.1 Å². The Bertz CT molecular complexity index is 1310. The number of imidazole rings is 1. The fourth-order valence-electron chi connectivity index (χ4n) is 4.48. The van der Waals surface area contributed by atoms with E-state index < -0.39 is 0 Å². The number of hydrogen-bond acceptors (Lipinski definition) is 6. The SMILES string of the molecule is CNC(=O)C1=CC(Oc2ccc3nc(Nc4ccc(Cl)c(CN5CCN(C)CC5)c4)[nH]c3c2)CC=C1. The van der Waals surface area contributed by atoms with Crippen LogP contribution in [0.25, 0.3) is 11.0 Å². The van der Waals surface area contributed by atoms with E-state index in [0.29, 0.717) is 23.7 Å². The number of likely N-dealkylation sites (N-methyl/N-ethyl adjacent to an activating group) is 2. The van der Waals surface area contributed by atoms with E-state index in [0.717, 1.165) is 60.0 Å². The van der Waals surface area contributed by atoms with Crippen LogP contribution in [0.4, 0.5) is 11.6 Å². The minimum absolute atomic E-state index is 0.117. The van der Waals surface area contributed by atoms with E-state index in [1.165, 1.54) is 0 Å². The number of H-pyrrole nitrogens is 1. The number of aromatic amines is 1. The molecule has 1 aromatic heterocycles. The van der Waals surface area contributed by atoms with Crippen molar-refractivity contribution in [2.75, 3.05) is 45.6 Å². The van der Waals surface area contributed by atoms with Crippen molar-refractivity contribution < 1.29 is 9.53 Å². The molecular formula is C27H31ClN6O2. The van der Waals surface area contributed by atoms with Crippen LogP contribution < -0.4 is 15.4 Å². The highest BCUT2D eigenvalue weighted by Crippen LogP contribution is 2.27. The zero-order valence-electron chi connectivity index (χ0n) is 20.6. The summed E-state index contributed by atoms with van der Waals surface area (Å²) in [6, 6.07) is 11.7. The summed E-state index contributed by atoms with van der Waals surface area (Å²) in [6.45, 7) is 5.05. The monoisotopic (exact) mass is 506 g/mol. The van der Waals surface area contributed by atoms with Crippen LogP contribution in [0.5, 0.6) is 5.75 Å². The average Bonchev–Trinajstić information content (AvgIpc) is 3.28. The molecule has 1 unspecified atom stereocenters. The van der Waals surface area contributed by atoms with Crippen LogP contribution in [-0.2, 0) is 11.3 Å². The molecule has 0 saturated carbocycles. The van der Waals surface area contributed by atoms with Crippen molar-refractivity contribution in [2.24, 2.45) is 0 Å². The van der Waals surface area contributed by atoms with Crippen LogP contribution in [0.2, 0.25) is 5.02 Å². The minimum atomic E-state index is -0.201. The highest BCUT2D eigenvalue weighted by atomic mass is 35.5. The lowest BCUT2D eigenvalue weighted by molar-refractivity contribution is -0.116. The Hall–Kier alpha value is -3.33. The molecule has 1 fully saturated rings. The van der Waals surface area contributed by atoms with Gasteiger partial charge in [0.15, 0.2) is 0 Å². The summed E-state index contributed by atoms with van der Waals surface area (Å²) in [6.07, 6.45) is 6.14. The van der Waals surface area contributed by atoms with E-state index in [1.54, 1.807) is 7.05 Å². The van der Waals surface area contributed by atoms with Crippen molar-refractivity contribution in [2.45, 2.75) is 19.1 Å². The molecule has 0 radical (unpaired) electrons. The molecule has 2 aromatic carbocycles. The van der Waals surface area contributed by atoms with Gasteiger partial charge in [0.25, 0.3) is 5.91 Å². The normalized spacial score (nSPS) is 18.8. The lowest BCUT2D eigenvalue weighted by Crippen LogP contribution is -2.43. The molecule has 8 nitrogen and oxygen atoms in total. The maximum Gasteiger partial charge on any atom is 0.250 e. The summed E-state index contributed by atoms with van der Waals surface area (Å²) < 4.78 is 6.13. The van der Waals surface area contributed by atoms with Crippen molar-refractivity contribution in [3.8, 4) is 5.75 Å². The quantitative estimate of drug-likeness (QED) is 0.447. The fraction of sp³-hybridized carbons (Fsp3) is 0.333. The summed E-state index contributed by atoms with van der Waals surface area (Å²) in [5.41, 5.74) is 4.34. The molecule has 188 valence electrons. The number of carbonyl (C=O) groups excluding carboxylic acids is 1. The summed E-state index contributed by atoms with van der Waals surface area (Å²) >= 11 is 6.51. The third kappa shape index (κ3) is 5.73. The Balaban J connectivity index is 1.27. The molecule has 1 aliphatic heterocycles. The predicted octanol–water partition coefficient (Wildman–Crippen LogP) is 4.09. The van der Waals surface area contributed by atoms with Gasteiger partial charge in [-0.05, 0) is 49.0 Å². The first-order valence-electron chi connectivity index (χ1n) is 12.2. The van der Waals surface area contributed by atoms with Gasteiger partial charge in [-0.1, -0.05) is 23.8 Å². The highest BCUT2D eigenvalue weighted by Gasteiger charge is 2.17. The molecule has 3 aromatic rings. The predicted molar refractivity (Wildman–Crippen MR) is 144 cm³/mol. The van der Waals surface area contributed by atoms with Gasteiger partial charge < -0.3 is 25.3 Å². The van der Waals surface area contributed by atoms with Crippen LogP contribution in [-0.4, -0.2) is 72.1 Å². The van der Waals surface area contributed by atoms with Gasteiger partial charge in [-0.25, -0.2) is 4.98 Å². The number of carbonyl (C=O) groups is 1. The minimum Gasteiger partial charge on any atom is -0.486 e. The van der Waals surface area contributed by atoms with Crippen molar-refractivity contribution in [3.05, 3.63) is 70.8 Å². The van der Waals surface area contributed by atoms with Gasteiger partial charge in [0, 0.05) is 68.5 Å². The Morgan fingerprint density at radius 3 is 2.83 bits per heavy atom. The van der Waals surface area contributed by atoms with E-state index in [2.05, 4.69) is 43.5 Å². The van der Waals surface area contributed by atoms with E-state index in [4.69, 9.17) is 16.3 Å². The van der Waals surface area contributed by atoms with Gasteiger partial charge in [-0.3, -0.25) is 9.69 Å². The second-order valence-corrected chi connectivity index (χ2v) is 9.68. The van der Waals surface area contributed by atoms with Gasteiger partial charge in [0.2, 0.25) is 5.95 Å². The second-order valence-electron chi connectivity index (χ2n) is 9.27. The van der Waals surface area contributed by atoms with Gasteiger partial charge in [-0.2, -0.15) is 0 Å². The molecule has 3 N–H and O–H groups in total. The zero-order chi connectivity index (χ0) is 25.1.